The zero-order valence-electron chi connectivity index (χ0n) is 10.6. The Kier molecular flexibility index (Phi) is 5.92. The molecular weight excluding hydrogens is 292 g/mol. The number of hydrogen-bond donors (Lipinski definition) is 3. The van der Waals surface area contributed by atoms with Gasteiger partial charge in [-0.2, -0.15) is 11.8 Å². The van der Waals surface area contributed by atoms with Gasteiger partial charge in [-0.3, -0.25) is 0 Å². The number of sulfone groups is 1. The topological polar surface area (TPSA) is 113 Å². The quantitative estimate of drug-likeness (QED) is 0.620. The van der Waals surface area contributed by atoms with Gasteiger partial charge < -0.3 is 15.7 Å². The molecule has 110 valence electrons. The maximum Gasteiger partial charge on any atom is 0.326 e. The fourth-order valence-corrected chi connectivity index (χ4v) is 3.93. The molecule has 1 rings (SSSR count). The molecule has 0 aromatic carbocycles. The van der Waals surface area contributed by atoms with Crippen molar-refractivity contribution in [3.8, 4) is 0 Å². The van der Waals surface area contributed by atoms with Gasteiger partial charge in [0.2, 0.25) is 0 Å². The normalized spacial score (nSPS) is 22.7. The highest BCUT2D eigenvalue weighted by Crippen LogP contribution is 2.11. The number of aliphatic carboxylic acids is 1. The minimum absolute atomic E-state index is 0.0623. The van der Waals surface area contributed by atoms with Crippen molar-refractivity contribution in [1.29, 1.82) is 0 Å². The Morgan fingerprint density at radius 2 is 2.16 bits per heavy atom. The molecule has 1 saturated heterocycles. The summed E-state index contributed by atoms with van der Waals surface area (Å²) in [6, 6.07) is -2.01. The molecule has 0 aromatic heterocycles. The van der Waals surface area contributed by atoms with E-state index < -0.39 is 33.9 Å². The Morgan fingerprint density at radius 3 is 2.63 bits per heavy atom. The van der Waals surface area contributed by atoms with Crippen LogP contribution in [0.3, 0.4) is 0 Å². The van der Waals surface area contributed by atoms with Crippen molar-refractivity contribution in [3.05, 3.63) is 0 Å². The van der Waals surface area contributed by atoms with Gasteiger partial charge in [-0.25, -0.2) is 18.0 Å². The first-order valence-electron chi connectivity index (χ1n) is 5.83. The van der Waals surface area contributed by atoms with Crippen LogP contribution in [0.2, 0.25) is 0 Å². The summed E-state index contributed by atoms with van der Waals surface area (Å²) in [6.45, 7) is 0. The Morgan fingerprint density at radius 1 is 1.47 bits per heavy atom. The molecule has 1 aliphatic rings. The first-order valence-corrected chi connectivity index (χ1v) is 9.05. The zero-order valence-corrected chi connectivity index (χ0v) is 12.2. The molecule has 0 saturated carbocycles. The van der Waals surface area contributed by atoms with E-state index in [9.17, 15) is 18.0 Å². The Labute approximate surface area is 116 Å². The summed E-state index contributed by atoms with van der Waals surface area (Å²) in [4.78, 5) is 22.5. The van der Waals surface area contributed by atoms with Crippen LogP contribution in [0.5, 0.6) is 0 Å². The molecule has 19 heavy (non-hydrogen) atoms. The number of amides is 2. The maximum absolute atomic E-state index is 11.6. The van der Waals surface area contributed by atoms with Crippen molar-refractivity contribution in [2.75, 3.05) is 23.5 Å². The second-order valence-corrected chi connectivity index (χ2v) is 7.60. The minimum Gasteiger partial charge on any atom is -0.480 e. The molecule has 0 spiro atoms. The van der Waals surface area contributed by atoms with Crippen LogP contribution in [0.1, 0.15) is 12.8 Å². The Balaban J connectivity index is 2.42. The number of carbonyl (C=O) groups excluding carboxylic acids is 1. The lowest BCUT2D eigenvalue weighted by Crippen LogP contribution is -2.49. The van der Waals surface area contributed by atoms with Crippen molar-refractivity contribution < 1.29 is 23.1 Å². The molecule has 3 N–H and O–H groups in total. The predicted octanol–water partition coefficient (Wildman–Crippen LogP) is -0.321. The summed E-state index contributed by atoms with van der Waals surface area (Å²) in [5, 5.41) is 13.8. The van der Waals surface area contributed by atoms with Gasteiger partial charge in [0.05, 0.1) is 11.5 Å². The van der Waals surface area contributed by atoms with Gasteiger partial charge in [-0.15, -0.1) is 0 Å². The summed E-state index contributed by atoms with van der Waals surface area (Å²) in [5.74, 6) is -0.492. The smallest absolute Gasteiger partial charge is 0.326 e. The average Bonchev–Trinajstić information content (AvgIpc) is 2.63. The van der Waals surface area contributed by atoms with Crippen LogP contribution in [-0.4, -0.2) is 61.1 Å². The molecule has 0 aliphatic carbocycles. The number of hydrogen-bond acceptors (Lipinski definition) is 5. The fourth-order valence-electron chi connectivity index (χ4n) is 1.79. The summed E-state index contributed by atoms with van der Waals surface area (Å²) in [7, 11) is -3.06. The van der Waals surface area contributed by atoms with Crippen molar-refractivity contribution in [2.24, 2.45) is 0 Å². The van der Waals surface area contributed by atoms with Crippen LogP contribution >= 0.6 is 11.8 Å². The molecule has 0 radical (unpaired) electrons. The second-order valence-electron chi connectivity index (χ2n) is 4.39. The molecule has 1 fully saturated rings. The standard InChI is InChI=1S/C10H18N2O5S2/c1-18-4-2-8(9(13)14)12-10(15)11-7-3-5-19(16,17)6-7/h7-8H,2-6H2,1H3,(H,13,14)(H2,11,12,15)/t7?,8-/m0/s1. The van der Waals surface area contributed by atoms with E-state index in [-0.39, 0.29) is 11.5 Å². The van der Waals surface area contributed by atoms with E-state index in [4.69, 9.17) is 5.11 Å². The third-order valence-electron chi connectivity index (χ3n) is 2.78. The molecule has 9 heteroatoms. The van der Waals surface area contributed by atoms with Gasteiger partial charge in [-0.05, 0) is 24.9 Å². The minimum atomic E-state index is -3.06. The Hall–Kier alpha value is -0.960. The lowest BCUT2D eigenvalue weighted by atomic mass is 10.2. The van der Waals surface area contributed by atoms with E-state index in [0.717, 1.165) is 0 Å². The van der Waals surface area contributed by atoms with Gasteiger partial charge in [0.1, 0.15) is 6.04 Å². The van der Waals surface area contributed by atoms with Crippen molar-refractivity contribution in [1.82, 2.24) is 10.6 Å². The van der Waals surface area contributed by atoms with E-state index in [2.05, 4.69) is 10.6 Å². The summed E-state index contributed by atoms with van der Waals surface area (Å²) in [5.41, 5.74) is 0. The van der Waals surface area contributed by atoms with Crippen LogP contribution in [0, 0.1) is 0 Å². The first kappa shape index (κ1) is 16.1. The summed E-state index contributed by atoms with van der Waals surface area (Å²) in [6.07, 6.45) is 2.55. The van der Waals surface area contributed by atoms with Crippen molar-refractivity contribution in [3.63, 3.8) is 0 Å². The highest BCUT2D eigenvalue weighted by Gasteiger charge is 2.29. The van der Waals surface area contributed by atoms with Crippen molar-refractivity contribution >= 4 is 33.6 Å². The molecule has 1 unspecified atom stereocenters. The van der Waals surface area contributed by atoms with Gasteiger partial charge in [0, 0.05) is 6.04 Å². The number of carboxylic acid groups (broad SMARTS) is 1. The predicted molar refractivity (Wildman–Crippen MR) is 73.1 cm³/mol. The third-order valence-corrected chi connectivity index (χ3v) is 5.19. The maximum atomic E-state index is 11.6. The van der Waals surface area contributed by atoms with E-state index in [1.165, 1.54) is 11.8 Å². The number of thioether (sulfide) groups is 1. The fraction of sp³-hybridized carbons (Fsp3) is 0.800. The molecule has 0 bridgehead atoms. The van der Waals surface area contributed by atoms with E-state index in [1.807, 2.05) is 6.26 Å². The second kappa shape index (κ2) is 6.99. The van der Waals surface area contributed by atoms with Crippen LogP contribution in [0.4, 0.5) is 4.79 Å². The summed E-state index contributed by atoms with van der Waals surface area (Å²) < 4.78 is 22.5. The molecule has 2 atom stereocenters. The van der Waals surface area contributed by atoms with Crippen LogP contribution in [-0.2, 0) is 14.6 Å². The third kappa shape index (κ3) is 5.68. The average molecular weight is 310 g/mol. The van der Waals surface area contributed by atoms with Crippen molar-refractivity contribution in [2.45, 2.75) is 24.9 Å². The highest BCUT2D eigenvalue weighted by atomic mass is 32.2. The zero-order chi connectivity index (χ0) is 14.5. The lowest BCUT2D eigenvalue weighted by Gasteiger charge is -2.17. The molecule has 1 heterocycles. The van der Waals surface area contributed by atoms with Gasteiger partial charge in [0.15, 0.2) is 9.84 Å². The number of nitrogens with one attached hydrogen (secondary N) is 2. The van der Waals surface area contributed by atoms with Gasteiger partial charge >= 0.3 is 12.0 Å². The van der Waals surface area contributed by atoms with E-state index in [1.54, 1.807) is 0 Å². The largest absolute Gasteiger partial charge is 0.480 e. The van der Waals surface area contributed by atoms with Gasteiger partial charge in [-0.1, -0.05) is 0 Å². The van der Waals surface area contributed by atoms with Gasteiger partial charge in [0.25, 0.3) is 0 Å². The van der Waals surface area contributed by atoms with Crippen LogP contribution in [0.15, 0.2) is 0 Å². The summed E-state index contributed by atoms with van der Waals surface area (Å²) >= 11 is 1.49. The number of carboxylic acids is 1. The first-order chi connectivity index (χ1) is 8.84. The molecule has 1 aliphatic heterocycles. The number of urea groups is 1. The molecular formula is C10H18N2O5S2. The van der Waals surface area contributed by atoms with E-state index >= 15 is 0 Å². The van der Waals surface area contributed by atoms with Crippen LogP contribution in [0.25, 0.3) is 0 Å². The molecule has 0 aromatic rings. The molecule has 7 nitrogen and oxygen atoms in total. The van der Waals surface area contributed by atoms with Crippen LogP contribution < -0.4 is 10.6 Å². The number of rotatable bonds is 6. The SMILES string of the molecule is CSCC[C@H](NC(=O)NC1CCS(=O)(=O)C1)C(=O)O. The molecule has 2 amide bonds. The van der Waals surface area contributed by atoms with E-state index in [0.29, 0.717) is 18.6 Å². The number of carbonyl (C=O) groups is 2. The lowest BCUT2D eigenvalue weighted by molar-refractivity contribution is -0.139. The Bertz CT molecular complexity index is 437. The monoisotopic (exact) mass is 310 g/mol. The highest BCUT2D eigenvalue weighted by molar-refractivity contribution is 7.98.